The highest BCUT2D eigenvalue weighted by Crippen LogP contribution is 2.34. The first-order valence-electron chi connectivity index (χ1n) is 7.40. The highest BCUT2D eigenvalue weighted by Gasteiger charge is 2.32. The van der Waals surface area contributed by atoms with Crippen molar-refractivity contribution < 1.29 is 27.2 Å². The van der Waals surface area contributed by atoms with Crippen molar-refractivity contribution in [3.05, 3.63) is 64.4 Å². The van der Waals surface area contributed by atoms with E-state index in [0.717, 1.165) is 18.2 Å². The lowest BCUT2D eigenvalue weighted by Gasteiger charge is -2.13. The maximum atomic E-state index is 12.9. The zero-order valence-electron chi connectivity index (χ0n) is 13.0. The topological polar surface area (TPSA) is 50.7 Å². The second-order valence-corrected chi connectivity index (χ2v) is 5.93. The molecule has 0 saturated heterocycles. The van der Waals surface area contributed by atoms with Gasteiger partial charge < -0.3 is 10.2 Å². The number of halogens is 5. The SMILES string of the molecule is O=C(Nc1cc(C(F)(F)F)ccc1Cl)C1CC(c2ccc(F)cc2)=NO1. The normalized spacial score (nSPS) is 16.8. The highest BCUT2D eigenvalue weighted by molar-refractivity contribution is 6.33. The molecule has 26 heavy (non-hydrogen) atoms. The Morgan fingerprint density at radius 2 is 1.88 bits per heavy atom. The summed E-state index contributed by atoms with van der Waals surface area (Å²) in [5.74, 6) is -1.10. The van der Waals surface area contributed by atoms with Gasteiger partial charge in [0.2, 0.25) is 6.10 Å². The molecule has 0 radical (unpaired) electrons. The Morgan fingerprint density at radius 1 is 1.19 bits per heavy atom. The molecule has 1 heterocycles. The first kappa shape index (κ1) is 18.2. The fourth-order valence-corrected chi connectivity index (χ4v) is 2.51. The van der Waals surface area contributed by atoms with Crippen molar-refractivity contribution in [2.24, 2.45) is 5.16 Å². The van der Waals surface area contributed by atoms with Gasteiger partial charge in [-0.15, -0.1) is 0 Å². The highest BCUT2D eigenvalue weighted by atomic mass is 35.5. The number of alkyl halides is 3. The Balaban J connectivity index is 1.69. The summed E-state index contributed by atoms with van der Waals surface area (Å²) in [6.07, 6.45) is -5.50. The molecule has 1 amide bonds. The van der Waals surface area contributed by atoms with Crippen LogP contribution in [-0.4, -0.2) is 17.7 Å². The van der Waals surface area contributed by atoms with Crippen molar-refractivity contribution in [2.75, 3.05) is 5.32 Å². The Kier molecular flexibility index (Phi) is 4.86. The number of carbonyl (C=O) groups is 1. The molecule has 9 heteroatoms. The molecule has 4 nitrogen and oxygen atoms in total. The summed E-state index contributed by atoms with van der Waals surface area (Å²) in [5.41, 5.74) is -0.0998. The average Bonchev–Trinajstić information content (AvgIpc) is 3.06. The van der Waals surface area contributed by atoms with Crippen LogP contribution in [0.5, 0.6) is 0 Å². The summed E-state index contributed by atoms with van der Waals surface area (Å²) < 4.78 is 51.3. The Hall–Kier alpha value is -2.61. The number of oxime groups is 1. The monoisotopic (exact) mass is 386 g/mol. The van der Waals surface area contributed by atoms with E-state index in [1.807, 2.05) is 0 Å². The van der Waals surface area contributed by atoms with E-state index in [4.69, 9.17) is 16.4 Å². The lowest BCUT2D eigenvalue weighted by atomic mass is 10.0. The predicted molar refractivity (Wildman–Crippen MR) is 87.5 cm³/mol. The number of nitrogens with zero attached hydrogens (tertiary/aromatic N) is 1. The van der Waals surface area contributed by atoms with Gasteiger partial charge >= 0.3 is 6.18 Å². The van der Waals surface area contributed by atoms with Crippen LogP contribution in [0.3, 0.4) is 0 Å². The first-order chi connectivity index (χ1) is 12.2. The van der Waals surface area contributed by atoms with Gasteiger partial charge in [0.05, 0.1) is 22.0 Å². The second-order valence-electron chi connectivity index (χ2n) is 5.52. The Morgan fingerprint density at radius 3 is 2.54 bits per heavy atom. The fourth-order valence-electron chi connectivity index (χ4n) is 2.34. The maximum absolute atomic E-state index is 12.9. The lowest BCUT2D eigenvalue weighted by Crippen LogP contribution is -2.28. The number of carbonyl (C=O) groups excluding carboxylic acids is 1. The van der Waals surface area contributed by atoms with Crippen LogP contribution < -0.4 is 5.32 Å². The van der Waals surface area contributed by atoms with E-state index in [9.17, 15) is 22.4 Å². The van der Waals surface area contributed by atoms with Crippen LogP contribution in [0.4, 0.5) is 23.2 Å². The number of nitrogens with one attached hydrogen (secondary N) is 1. The summed E-state index contributed by atoms with van der Waals surface area (Å²) in [6, 6.07) is 8.08. The van der Waals surface area contributed by atoms with E-state index in [0.29, 0.717) is 11.3 Å². The van der Waals surface area contributed by atoms with Gasteiger partial charge in [0.15, 0.2) is 0 Å². The van der Waals surface area contributed by atoms with Crippen LogP contribution in [0.15, 0.2) is 47.6 Å². The quantitative estimate of drug-likeness (QED) is 0.782. The van der Waals surface area contributed by atoms with Crippen LogP contribution in [0.25, 0.3) is 0 Å². The van der Waals surface area contributed by atoms with Gasteiger partial charge in [-0.05, 0) is 35.9 Å². The minimum atomic E-state index is -4.56. The number of hydrogen-bond donors (Lipinski definition) is 1. The minimum Gasteiger partial charge on any atom is -0.382 e. The molecule has 3 rings (SSSR count). The van der Waals surface area contributed by atoms with Crippen molar-refractivity contribution in [3.8, 4) is 0 Å². The predicted octanol–water partition coefficient (Wildman–Crippen LogP) is 4.63. The average molecular weight is 387 g/mol. The van der Waals surface area contributed by atoms with Gasteiger partial charge in [-0.2, -0.15) is 13.2 Å². The third-order valence-electron chi connectivity index (χ3n) is 3.69. The Bertz CT molecular complexity index is 866. The number of hydrogen-bond acceptors (Lipinski definition) is 3. The van der Waals surface area contributed by atoms with Gasteiger partial charge in [-0.1, -0.05) is 28.9 Å². The van der Waals surface area contributed by atoms with Crippen LogP contribution in [0.1, 0.15) is 17.5 Å². The fraction of sp³-hybridized carbons (Fsp3) is 0.176. The third-order valence-corrected chi connectivity index (χ3v) is 4.02. The molecule has 1 N–H and O–H groups in total. The molecule has 1 atom stereocenters. The van der Waals surface area contributed by atoms with Crippen molar-refractivity contribution in [1.82, 2.24) is 0 Å². The standard InChI is InChI=1S/C17H11ClF4N2O2/c18-12-6-3-10(17(20,21)22)7-14(12)23-16(25)15-8-13(24-26-15)9-1-4-11(19)5-2-9/h1-7,15H,8H2,(H,23,25). The molecule has 2 aromatic carbocycles. The summed E-state index contributed by atoms with van der Waals surface area (Å²) in [6.45, 7) is 0. The molecular formula is C17H11ClF4N2O2. The van der Waals surface area contributed by atoms with E-state index in [2.05, 4.69) is 10.5 Å². The van der Waals surface area contributed by atoms with E-state index >= 15 is 0 Å². The van der Waals surface area contributed by atoms with Gasteiger partial charge in [0.25, 0.3) is 5.91 Å². The largest absolute Gasteiger partial charge is 0.416 e. The molecule has 0 aromatic heterocycles. The minimum absolute atomic E-state index is 0.0379. The maximum Gasteiger partial charge on any atom is 0.416 e. The number of amides is 1. The van der Waals surface area contributed by atoms with E-state index in [1.165, 1.54) is 24.3 Å². The van der Waals surface area contributed by atoms with Crippen LogP contribution in [-0.2, 0) is 15.8 Å². The van der Waals surface area contributed by atoms with Gasteiger partial charge in [-0.3, -0.25) is 4.79 Å². The molecular weight excluding hydrogens is 376 g/mol. The molecule has 1 unspecified atom stereocenters. The Labute approximate surface area is 150 Å². The molecule has 1 aliphatic rings. The molecule has 0 bridgehead atoms. The summed E-state index contributed by atoms with van der Waals surface area (Å²) >= 11 is 5.85. The van der Waals surface area contributed by atoms with Gasteiger partial charge in [0.1, 0.15) is 5.82 Å². The van der Waals surface area contributed by atoms with Crippen LogP contribution in [0, 0.1) is 5.82 Å². The van der Waals surface area contributed by atoms with Crippen molar-refractivity contribution in [3.63, 3.8) is 0 Å². The number of rotatable bonds is 3. The lowest BCUT2D eigenvalue weighted by molar-refractivity contribution is -0.137. The first-order valence-corrected chi connectivity index (χ1v) is 7.78. The second kappa shape index (κ2) is 6.95. The molecule has 1 aliphatic heterocycles. The molecule has 0 saturated carbocycles. The molecule has 136 valence electrons. The zero-order valence-corrected chi connectivity index (χ0v) is 13.7. The number of anilines is 1. The summed E-state index contributed by atoms with van der Waals surface area (Å²) in [7, 11) is 0. The van der Waals surface area contributed by atoms with Crippen molar-refractivity contribution in [1.29, 1.82) is 0 Å². The summed E-state index contributed by atoms with van der Waals surface area (Å²) in [5, 5.41) is 6.06. The van der Waals surface area contributed by atoms with E-state index in [1.54, 1.807) is 0 Å². The zero-order chi connectivity index (χ0) is 18.9. The summed E-state index contributed by atoms with van der Waals surface area (Å²) in [4.78, 5) is 17.3. The van der Waals surface area contributed by atoms with E-state index in [-0.39, 0.29) is 17.1 Å². The molecule has 0 aliphatic carbocycles. The number of benzene rings is 2. The van der Waals surface area contributed by atoms with Gasteiger partial charge in [0, 0.05) is 6.42 Å². The molecule has 2 aromatic rings. The third kappa shape index (κ3) is 3.96. The molecule has 0 spiro atoms. The van der Waals surface area contributed by atoms with Gasteiger partial charge in [-0.25, -0.2) is 4.39 Å². The smallest absolute Gasteiger partial charge is 0.382 e. The molecule has 0 fully saturated rings. The van der Waals surface area contributed by atoms with Crippen molar-refractivity contribution in [2.45, 2.75) is 18.7 Å². The van der Waals surface area contributed by atoms with E-state index < -0.39 is 29.6 Å². The van der Waals surface area contributed by atoms with Crippen LogP contribution in [0.2, 0.25) is 5.02 Å². The van der Waals surface area contributed by atoms with Crippen molar-refractivity contribution >= 4 is 28.9 Å². The van der Waals surface area contributed by atoms with Crippen LogP contribution >= 0.6 is 11.6 Å².